The van der Waals surface area contributed by atoms with Crippen LogP contribution in [0.3, 0.4) is 0 Å². The van der Waals surface area contributed by atoms with Crippen LogP contribution in [0.4, 0.5) is 18.0 Å². The van der Waals surface area contributed by atoms with Crippen molar-refractivity contribution in [3.05, 3.63) is 41.2 Å². The summed E-state index contributed by atoms with van der Waals surface area (Å²) in [6.07, 6.45) is 1.49. The number of hydrogen-bond acceptors (Lipinski definition) is 4. The highest BCUT2D eigenvalue weighted by atomic mass is 19.3. The van der Waals surface area contributed by atoms with E-state index >= 15 is 0 Å². The van der Waals surface area contributed by atoms with Gasteiger partial charge in [-0.1, -0.05) is 12.1 Å². The molecule has 0 aromatic heterocycles. The van der Waals surface area contributed by atoms with Crippen molar-refractivity contribution in [2.24, 2.45) is 0 Å². The lowest BCUT2D eigenvalue weighted by Crippen LogP contribution is -2.41. The summed E-state index contributed by atoms with van der Waals surface area (Å²) in [6, 6.07) is 2.55. The lowest BCUT2D eigenvalue weighted by atomic mass is 10.0. The largest absolute Gasteiger partial charge is 0.444 e. The predicted octanol–water partition coefficient (Wildman–Crippen LogP) is 4.17. The summed E-state index contributed by atoms with van der Waals surface area (Å²) in [5.41, 5.74) is 0.0862. The lowest BCUT2D eigenvalue weighted by Gasteiger charge is -2.29. The van der Waals surface area contributed by atoms with Crippen LogP contribution in [0.1, 0.15) is 45.7 Å². The summed E-state index contributed by atoms with van der Waals surface area (Å²) in [5.74, 6) is -1.45. The molecule has 0 fully saturated rings. The molecule has 0 radical (unpaired) electrons. The molecule has 1 aromatic carbocycles. The molecule has 1 atom stereocenters. The third-order valence-electron chi connectivity index (χ3n) is 4.16. The first-order chi connectivity index (χ1) is 13.5. The Kier molecular flexibility index (Phi) is 7.16. The average molecular weight is 414 g/mol. The zero-order chi connectivity index (χ0) is 21.8. The lowest BCUT2D eigenvalue weighted by molar-refractivity contribution is -0.118. The first kappa shape index (κ1) is 22.6. The van der Waals surface area contributed by atoms with Gasteiger partial charge in [-0.25, -0.2) is 9.18 Å². The van der Waals surface area contributed by atoms with Gasteiger partial charge in [0.25, 0.3) is 0 Å². The highest BCUT2D eigenvalue weighted by molar-refractivity contribution is 5.94. The second kappa shape index (κ2) is 9.19. The number of alkyl halides is 2. The fourth-order valence-corrected chi connectivity index (χ4v) is 2.80. The molecule has 1 heterocycles. The van der Waals surface area contributed by atoms with Crippen LogP contribution in [-0.4, -0.2) is 42.2 Å². The van der Waals surface area contributed by atoms with Crippen LogP contribution in [-0.2, 0) is 9.53 Å². The molecule has 1 aliphatic heterocycles. The minimum Gasteiger partial charge on any atom is -0.444 e. The fourth-order valence-electron chi connectivity index (χ4n) is 2.80. The first-order valence-corrected chi connectivity index (χ1v) is 9.18. The Hall–Kier alpha value is -2.71. The van der Waals surface area contributed by atoms with Gasteiger partial charge in [-0.15, -0.1) is 0 Å². The summed E-state index contributed by atoms with van der Waals surface area (Å²) >= 11 is 0. The molecule has 1 aliphatic rings. The second-order valence-electron chi connectivity index (χ2n) is 7.66. The van der Waals surface area contributed by atoms with Gasteiger partial charge in [0, 0.05) is 30.3 Å². The third kappa shape index (κ3) is 6.69. The zero-order valence-corrected chi connectivity index (χ0v) is 16.8. The van der Waals surface area contributed by atoms with E-state index in [0.717, 1.165) is 12.1 Å². The molecule has 6 nitrogen and oxygen atoms in total. The van der Waals surface area contributed by atoms with Crippen LogP contribution in [0.15, 0.2) is 29.8 Å². The van der Waals surface area contributed by atoms with Crippen LogP contribution >= 0.6 is 0 Å². The predicted molar refractivity (Wildman–Crippen MR) is 100 cm³/mol. The molecule has 0 spiro atoms. The molecule has 29 heavy (non-hydrogen) atoms. The summed E-state index contributed by atoms with van der Waals surface area (Å²) < 4.78 is 48.2. The summed E-state index contributed by atoms with van der Waals surface area (Å²) in [5, 5.41) is 2.69. The van der Waals surface area contributed by atoms with E-state index in [1.165, 1.54) is 11.0 Å². The second-order valence-corrected chi connectivity index (χ2v) is 7.66. The Morgan fingerprint density at radius 1 is 1.24 bits per heavy atom. The summed E-state index contributed by atoms with van der Waals surface area (Å²) in [6.45, 7) is 4.32. The minimum absolute atomic E-state index is 0.225. The molecule has 0 saturated heterocycles. The number of carbonyl (C=O) groups excluding carboxylic acids is 2. The molecule has 1 aromatic rings. The molecule has 0 unspecified atom stereocenters. The Morgan fingerprint density at radius 3 is 2.48 bits per heavy atom. The Morgan fingerprint density at radius 2 is 1.93 bits per heavy atom. The Bertz CT molecular complexity index is 790. The van der Waals surface area contributed by atoms with E-state index in [-0.39, 0.29) is 17.9 Å². The molecule has 9 heteroatoms. The topological polar surface area (TPSA) is 67.9 Å². The van der Waals surface area contributed by atoms with Crippen LogP contribution in [0, 0.1) is 5.82 Å². The van der Waals surface area contributed by atoms with Crippen molar-refractivity contribution in [2.75, 3.05) is 13.1 Å². The van der Waals surface area contributed by atoms with Crippen molar-refractivity contribution in [3.8, 4) is 5.75 Å². The van der Waals surface area contributed by atoms with E-state index < -0.39 is 36.1 Å². The number of benzene rings is 1. The number of halogens is 3. The van der Waals surface area contributed by atoms with E-state index in [2.05, 4.69) is 10.1 Å². The third-order valence-corrected chi connectivity index (χ3v) is 4.16. The number of nitrogens with zero attached hydrogens (tertiary/aromatic N) is 1. The van der Waals surface area contributed by atoms with Crippen LogP contribution < -0.4 is 10.1 Å². The maximum atomic E-state index is 13.4. The summed E-state index contributed by atoms with van der Waals surface area (Å²) in [7, 11) is 0. The molecule has 1 N–H and O–H groups in total. The molecular weight excluding hydrogens is 389 g/mol. The number of rotatable bonds is 5. The van der Waals surface area contributed by atoms with E-state index in [1.807, 2.05) is 0 Å². The first-order valence-electron chi connectivity index (χ1n) is 9.18. The standard InChI is InChI=1S/C20H25F3N2O4/c1-12(15-6-5-14(21)11-16(15)28-18(22)23)24-17(26)13-7-9-25(10-8-13)19(27)29-20(2,3)4/h5-7,11-12,18H,8-10H2,1-4H3,(H,24,26)/t12-/m0/s1. The maximum absolute atomic E-state index is 13.4. The van der Waals surface area contributed by atoms with Gasteiger partial charge in [0.1, 0.15) is 17.2 Å². The van der Waals surface area contributed by atoms with Crippen molar-refractivity contribution >= 4 is 12.0 Å². The molecular formula is C20H25F3N2O4. The summed E-state index contributed by atoms with van der Waals surface area (Å²) in [4.78, 5) is 26.1. The van der Waals surface area contributed by atoms with Gasteiger partial charge in [0.2, 0.25) is 5.91 Å². The smallest absolute Gasteiger partial charge is 0.410 e. The monoisotopic (exact) mass is 414 g/mol. The average Bonchev–Trinajstić information content (AvgIpc) is 2.59. The van der Waals surface area contributed by atoms with Gasteiger partial charge in [-0.3, -0.25) is 4.79 Å². The SMILES string of the molecule is C[C@H](NC(=O)C1=CCN(C(=O)OC(C)(C)C)CC1)c1ccc(F)cc1OC(F)F. The highest BCUT2D eigenvalue weighted by Gasteiger charge is 2.26. The van der Waals surface area contributed by atoms with Gasteiger partial charge >= 0.3 is 12.7 Å². The Balaban J connectivity index is 2.01. The molecule has 0 saturated carbocycles. The van der Waals surface area contributed by atoms with E-state index in [0.29, 0.717) is 18.5 Å². The quantitative estimate of drug-likeness (QED) is 0.785. The number of hydrogen-bond donors (Lipinski definition) is 1. The van der Waals surface area contributed by atoms with E-state index in [4.69, 9.17) is 4.74 Å². The fraction of sp³-hybridized carbons (Fsp3) is 0.500. The molecule has 0 bridgehead atoms. The van der Waals surface area contributed by atoms with Crippen molar-refractivity contribution in [2.45, 2.75) is 52.4 Å². The minimum atomic E-state index is -3.11. The maximum Gasteiger partial charge on any atom is 0.410 e. The van der Waals surface area contributed by atoms with Crippen molar-refractivity contribution in [1.82, 2.24) is 10.2 Å². The van der Waals surface area contributed by atoms with Gasteiger partial charge in [-0.05, 0) is 40.2 Å². The van der Waals surface area contributed by atoms with Gasteiger partial charge in [-0.2, -0.15) is 8.78 Å². The van der Waals surface area contributed by atoms with Gasteiger partial charge in [0.15, 0.2) is 0 Å². The van der Waals surface area contributed by atoms with Crippen LogP contribution in [0.25, 0.3) is 0 Å². The van der Waals surface area contributed by atoms with Gasteiger partial charge < -0.3 is 19.7 Å². The number of carbonyl (C=O) groups is 2. The normalized spacial score (nSPS) is 15.6. The molecule has 2 amide bonds. The number of nitrogens with one attached hydrogen (secondary N) is 1. The molecule has 0 aliphatic carbocycles. The highest BCUT2D eigenvalue weighted by Crippen LogP contribution is 2.28. The van der Waals surface area contributed by atoms with Crippen molar-refractivity contribution in [1.29, 1.82) is 0 Å². The van der Waals surface area contributed by atoms with Gasteiger partial charge in [0.05, 0.1) is 6.04 Å². The number of amides is 2. The van der Waals surface area contributed by atoms with Crippen LogP contribution in [0.2, 0.25) is 0 Å². The van der Waals surface area contributed by atoms with Crippen LogP contribution in [0.5, 0.6) is 5.75 Å². The Labute approximate surface area is 167 Å². The van der Waals surface area contributed by atoms with E-state index in [9.17, 15) is 22.8 Å². The zero-order valence-electron chi connectivity index (χ0n) is 16.8. The van der Waals surface area contributed by atoms with Crippen molar-refractivity contribution < 1.29 is 32.2 Å². The van der Waals surface area contributed by atoms with Crippen molar-refractivity contribution in [3.63, 3.8) is 0 Å². The van der Waals surface area contributed by atoms with E-state index in [1.54, 1.807) is 33.8 Å². The molecule has 160 valence electrons. The molecule has 2 rings (SSSR count). The number of ether oxygens (including phenoxy) is 2.